The fourth-order valence-corrected chi connectivity index (χ4v) is 3.11. The number of aromatic nitrogens is 1. The number of nitrogens with zero attached hydrogens (tertiary/aromatic N) is 1. The lowest BCUT2D eigenvalue weighted by Crippen LogP contribution is -2.27. The maximum Gasteiger partial charge on any atom is 0.272 e. The summed E-state index contributed by atoms with van der Waals surface area (Å²) in [5.74, 6) is -0.0129. The second-order valence-electron chi connectivity index (χ2n) is 5.32. The highest BCUT2D eigenvalue weighted by molar-refractivity contribution is 7.13. The van der Waals surface area contributed by atoms with Crippen molar-refractivity contribution in [2.45, 2.75) is 19.9 Å². The molecule has 0 spiro atoms. The molecule has 4 nitrogen and oxygen atoms in total. The molecule has 0 aliphatic carbocycles. The Morgan fingerprint density at radius 3 is 2.86 bits per heavy atom. The van der Waals surface area contributed by atoms with Gasteiger partial charge in [0.25, 0.3) is 5.91 Å². The number of aromatic hydroxyl groups is 1. The van der Waals surface area contributed by atoms with Crippen molar-refractivity contribution in [2.24, 2.45) is 0 Å². The summed E-state index contributed by atoms with van der Waals surface area (Å²) in [6, 6.07) is 12.6. The minimum atomic E-state index is -0.207. The maximum absolute atomic E-state index is 12.5. The number of carbonyl (C=O) groups excluding carboxylic acids is 1. The number of nitrogens with one attached hydrogen (secondary N) is 1. The summed E-state index contributed by atoms with van der Waals surface area (Å²) in [6.45, 7) is 3.88. The van der Waals surface area contributed by atoms with Crippen molar-refractivity contribution < 1.29 is 9.90 Å². The Morgan fingerprint density at radius 1 is 1.27 bits per heavy atom. The second kappa shape index (κ2) is 5.77. The minimum absolute atomic E-state index is 0.188. The summed E-state index contributed by atoms with van der Waals surface area (Å²) in [6.07, 6.45) is 0. The monoisotopic (exact) mass is 312 g/mol. The van der Waals surface area contributed by atoms with Gasteiger partial charge in [-0.05, 0) is 55.2 Å². The van der Waals surface area contributed by atoms with Crippen LogP contribution in [-0.4, -0.2) is 15.4 Å². The predicted molar refractivity (Wildman–Crippen MR) is 88.3 cm³/mol. The van der Waals surface area contributed by atoms with Crippen LogP contribution in [0.25, 0.3) is 10.1 Å². The van der Waals surface area contributed by atoms with Crippen LogP contribution in [0.4, 0.5) is 0 Å². The molecular formula is C17H16N2O2S. The Labute approximate surface area is 132 Å². The Bertz CT molecular complexity index is 842. The second-order valence-corrected chi connectivity index (χ2v) is 6.13. The first kappa shape index (κ1) is 14.5. The zero-order chi connectivity index (χ0) is 15.7. The van der Waals surface area contributed by atoms with Gasteiger partial charge in [-0.2, -0.15) is 4.37 Å². The number of carbonyl (C=O) groups is 1. The van der Waals surface area contributed by atoms with E-state index in [0.29, 0.717) is 5.69 Å². The van der Waals surface area contributed by atoms with Gasteiger partial charge in [0.15, 0.2) is 0 Å². The minimum Gasteiger partial charge on any atom is -0.508 e. The molecule has 3 aromatic rings. The van der Waals surface area contributed by atoms with Crippen molar-refractivity contribution in [3.05, 3.63) is 59.3 Å². The first-order valence-corrected chi connectivity index (χ1v) is 7.78. The van der Waals surface area contributed by atoms with Crippen molar-refractivity contribution in [3.63, 3.8) is 0 Å². The van der Waals surface area contributed by atoms with E-state index in [4.69, 9.17) is 0 Å². The molecule has 1 heterocycles. The van der Waals surface area contributed by atoms with Gasteiger partial charge >= 0.3 is 0 Å². The number of benzene rings is 2. The number of rotatable bonds is 3. The zero-order valence-corrected chi connectivity index (χ0v) is 13.1. The van der Waals surface area contributed by atoms with Crippen LogP contribution in [0.5, 0.6) is 5.75 Å². The number of aryl methyl sites for hydroxylation is 1. The van der Waals surface area contributed by atoms with Crippen LogP contribution in [0, 0.1) is 6.92 Å². The number of phenolic OH excluding ortho intramolecular Hbond substituents is 1. The molecule has 2 N–H and O–H groups in total. The van der Waals surface area contributed by atoms with Gasteiger partial charge in [-0.15, -0.1) is 0 Å². The molecule has 0 saturated carbocycles. The van der Waals surface area contributed by atoms with E-state index in [9.17, 15) is 9.90 Å². The van der Waals surface area contributed by atoms with Crippen molar-refractivity contribution in [1.82, 2.24) is 9.69 Å². The maximum atomic E-state index is 12.5. The molecule has 22 heavy (non-hydrogen) atoms. The molecule has 5 heteroatoms. The van der Waals surface area contributed by atoms with Crippen molar-refractivity contribution in [3.8, 4) is 5.75 Å². The van der Waals surface area contributed by atoms with E-state index in [1.165, 1.54) is 11.5 Å². The molecule has 0 aliphatic heterocycles. The van der Waals surface area contributed by atoms with Gasteiger partial charge in [-0.25, -0.2) is 0 Å². The first-order valence-electron chi connectivity index (χ1n) is 7.00. The van der Waals surface area contributed by atoms with Gasteiger partial charge in [-0.1, -0.05) is 23.8 Å². The van der Waals surface area contributed by atoms with E-state index < -0.39 is 0 Å². The van der Waals surface area contributed by atoms with Gasteiger partial charge in [0, 0.05) is 5.39 Å². The SMILES string of the molecule is Cc1ccc2snc(C(=O)NC(C)c3cccc(O)c3)c2c1. The highest BCUT2D eigenvalue weighted by Gasteiger charge is 2.17. The molecule has 0 radical (unpaired) electrons. The number of amides is 1. The van der Waals surface area contributed by atoms with Gasteiger partial charge < -0.3 is 10.4 Å². The molecule has 0 saturated heterocycles. The number of fused-ring (bicyclic) bond motifs is 1. The van der Waals surface area contributed by atoms with Crippen LogP contribution < -0.4 is 5.32 Å². The molecule has 0 aliphatic rings. The topological polar surface area (TPSA) is 62.2 Å². The normalized spacial score (nSPS) is 12.3. The summed E-state index contributed by atoms with van der Waals surface area (Å²) in [5.41, 5.74) is 2.41. The van der Waals surface area contributed by atoms with Crippen LogP contribution in [0.2, 0.25) is 0 Å². The first-order chi connectivity index (χ1) is 10.5. The van der Waals surface area contributed by atoms with Gasteiger partial charge in [0.05, 0.1) is 10.7 Å². The van der Waals surface area contributed by atoms with Crippen LogP contribution in [-0.2, 0) is 0 Å². The third-order valence-electron chi connectivity index (χ3n) is 3.56. The Morgan fingerprint density at radius 2 is 2.09 bits per heavy atom. The molecule has 112 valence electrons. The third kappa shape index (κ3) is 2.80. The Kier molecular flexibility index (Phi) is 3.81. The molecule has 0 bridgehead atoms. The largest absolute Gasteiger partial charge is 0.508 e. The molecule has 0 fully saturated rings. The lowest BCUT2D eigenvalue weighted by molar-refractivity contribution is 0.0937. The number of hydrogen-bond acceptors (Lipinski definition) is 4. The standard InChI is InChI=1S/C17H16N2O2S/c1-10-6-7-15-14(8-10)16(19-22-15)17(21)18-11(2)12-4-3-5-13(20)9-12/h3-9,11,20H,1-2H3,(H,18,21). The molecule has 2 aromatic carbocycles. The fraction of sp³-hybridized carbons (Fsp3) is 0.176. The van der Waals surface area contributed by atoms with Crippen LogP contribution in [0.15, 0.2) is 42.5 Å². The lowest BCUT2D eigenvalue weighted by Gasteiger charge is -2.13. The average molecular weight is 312 g/mol. The van der Waals surface area contributed by atoms with Crippen molar-refractivity contribution in [1.29, 1.82) is 0 Å². The van der Waals surface area contributed by atoms with Crippen LogP contribution >= 0.6 is 11.5 Å². The van der Waals surface area contributed by atoms with Gasteiger partial charge in [0.1, 0.15) is 11.4 Å². The van der Waals surface area contributed by atoms with Gasteiger partial charge in [0.2, 0.25) is 0 Å². The summed E-state index contributed by atoms with van der Waals surface area (Å²) in [7, 11) is 0. The molecule has 1 atom stereocenters. The predicted octanol–water partition coefficient (Wildman–Crippen LogP) is 3.80. The van der Waals surface area contributed by atoms with E-state index in [1.54, 1.807) is 18.2 Å². The van der Waals surface area contributed by atoms with E-state index in [-0.39, 0.29) is 17.7 Å². The molecule has 3 rings (SSSR count). The smallest absolute Gasteiger partial charge is 0.272 e. The lowest BCUT2D eigenvalue weighted by atomic mass is 10.1. The van der Waals surface area contributed by atoms with Crippen molar-refractivity contribution >= 4 is 27.5 Å². The number of phenols is 1. The molecule has 1 unspecified atom stereocenters. The number of hydrogen-bond donors (Lipinski definition) is 2. The average Bonchev–Trinajstić information content (AvgIpc) is 2.90. The molecule has 1 amide bonds. The van der Waals surface area contributed by atoms with E-state index in [1.807, 2.05) is 38.1 Å². The fourth-order valence-electron chi connectivity index (χ4n) is 2.36. The Balaban J connectivity index is 1.85. The summed E-state index contributed by atoms with van der Waals surface area (Å²) >= 11 is 1.33. The van der Waals surface area contributed by atoms with E-state index in [0.717, 1.165) is 21.2 Å². The van der Waals surface area contributed by atoms with E-state index in [2.05, 4.69) is 9.69 Å². The van der Waals surface area contributed by atoms with Crippen LogP contribution in [0.3, 0.4) is 0 Å². The van der Waals surface area contributed by atoms with Crippen LogP contribution in [0.1, 0.15) is 34.6 Å². The van der Waals surface area contributed by atoms with E-state index >= 15 is 0 Å². The summed E-state index contributed by atoms with van der Waals surface area (Å²) in [5, 5.41) is 13.3. The zero-order valence-electron chi connectivity index (χ0n) is 12.3. The highest BCUT2D eigenvalue weighted by atomic mass is 32.1. The highest BCUT2D eigenvalue weighted by Crippen LogP contribution is 2.25. The third-order valence-corrected chi connectivity index (χ3v) is 4.38. The Hall–Kier alpha value is -2.40. The van der Waals surface area contributed by atoms with Gasteiger partial charge in [-0.3, -0.25) is 4.79 Å². The summed E-state index contributed by atoms with van der Waals surface area (Å²) in [4.78, 5) is 12.5. The molecule has 1 aromatic heterocycles. The quantitative estimate of drug-likeness (QED) is 0.773. The molecular weight excluding hydrogens is 296 g/mol. The van der Waals surface area contributed by atoms with Crippen molar-refractivity contribution in [2.75, 3.05) is 0 Å². The summed E-state index contributed by atoms with van der Waals surface area (Å²) < 4.78 is 5.28.